The van der Waals surface area contributed by atoms with Crippen LogP contribution in [0.2, 0.25) is 0 Å². The van der Waals surface area contributed by atoms with Gasteiger partial charge in [0.25, 0.3) is 0 Å². The zero-order chi connectivity index (χ0) is 11.5. The second kappa shape index (κ2) is 4.76. The monoisotopic (exact) mass is 252 g/mol. The number of nitrogens with one attached hydrogen (secondary N) is 1. The van der Waals surface area contributed by atoms with Gasteiger partial charge >= 0.3 is 0 Å². The van der Waals surface area contributed by atoms with Crippen molar-refractivity contribution in [2.75, 3.05) is 11.9 Å². The van der Waals surface area contributed by atoms with E-state index in [4.69, 9.17) is 17.0 Å². The number of thiocarbonyl (C=S) groups is 1. The maximum atomic E-state index is 5.44. The Kier molecular flexibility index (Phi) is 3.36. The average Bonchev–Trinajstić information content (AvgIpc) is 2.58. The first kappa shape index (κ1) is 11.3. The van der Waals surface area contributed by atoms with Crippen LogP contribution in [-0.4, -0.2) is 16.6 Å². The maximum Gasteiger partial charge on any atom is 0.188 e. The lowest BCUT2D eigenvalue weighted by Crippen LogP contribution is -2.02. The van der Waals surface area contributed by atoms with Gasteiger partial charge in [0, 0.05) is 0 Å². The molecule has 5 heteroatoms. The van der Waals surface area contributed by atoms with E-state index in [2.05, 4.69) is 10.3 Å². The molecule has 0 aliphatic heterocycles. The molecule has 0 aliphatic rings. The molecular formula is C11H12N2OS2. The van der Waals surface area contributed by atoms with Crippen LogP contribution in [0.1, 0.15) is 13.8 Å². The highest BCUT2D eigenvalue weighted by atomic mass is 32.1. The Labute approximate surface area is 103 Å². The summed E-state index contributed by atoms with van der Waals surface area (Å²) in [4.78, 5) is 5.14. The van der Waals surface area contributed by atoms with E-state index in [1.165, 1.54) is 0 Å². The summed E-state index contributed by atoms with van der Waals surface area (Å²) >= 11 is 6.56. The maximum absolute atomic E-state index is 5.44. The van der Waals surface area contributed by atoms with Gasteiger partial charge in [-0.1, -0.05) is 23.6 Å². The van der Waals surface area contributed by atoms with E-state index in [9.17, 15) is 0 Å². The van der Waals surface area contributed by atoms with Crippen molar-refractivity contribution >= 4 is 43.9 Å². The molecule has 1 heterocycles. The first-order chi connectivity index (χ1) is 7.69. The van der Waals surface area contributed by atoms with Crippen LogP contribution in [0.5, 0.6) is 5.75 Å². The second-order valence-electron chi connectivity index (χ2n) is 3.26. The summed E-state index contributed by atoms with van der Waals surface area (Å²) in [7, 11) is 0. The Morgan fingerprint density at radius 1 is 1.56 bits per heavy atom. The zero-order valence-electron chi connectivity index (χ0n) is 9.11. The fraction of sp³-hybridized carbons (Fsp3) is 0.273. The molecular weight excluding hydrogens is 240 g/mol. The third kappa shape index (κ3) is 2.48. The largest absolute Gasteiger partial charge is 0.494 e. The SMILES string of the molecule is CCOc1ccc2nc(NC(C)=S)sc2c1. The van der Waals surface area contributed by atoms with Gasteiger partial charge in [-0.2, -0.15) is 0 Å². The van der Waals surface area contributed by atoms with Gasteiger partial charge in [0.2, 0.25) is 0 Å². The van der Waals surface area contributed by atoms with Gasteiger partial charge < -0.3 is 10.1 Å². The lowest BCUT2D eigenvalue weighted by Gasteiger charge is -2.00. The molecule has 0 bridgehead atoms. The molecule has 2 aromatic rings. The van der Waals surface area contributed by atoms with Crippen LogP contribution in [0, 0.1) is 0 Å². The van der Waals surface area contributed by atoms with E-state index in [1.807, 2.05) is 32.0 Å². The van der Waals surface area contributed by atoms with Gasteiger partial charge in [0.1, 0.15) is 5.75 Å². The second-order valence-corrected chi connectivity index (χ2v) is 4.91. The topological polar surface area (TPSA) is 34.1 Å². The Balaban J connectivity index is 2.34. The quantitative estimate of drug-likeness (QED) is 0.848. The van der Waals surface area contributed by atoms with Crippen LogP contribution in [0.4, 0.5) is 5.13 Å². The fourth-order valence-corrected chi connectivity index (χ4v) is 2.48. The molecule has 1 N–H and O–H groups in total. The van der Waals surface area contributed by atoms with E-state index in [0.29, 0.717) is 6.61 Å². The van der Waals surface area contributed by atoms with Gasteiger partial charge in [-0.05, 0) is 32.0 Å². The molecule has 0 spiro atoms. The van der Waals surface area contributed by atoms with Crippen LogP contribution >= 0.6 is 23.6 Å². The molecule has 0 aliphatic carbocycles. The lowest BCUT2D eigenvalue weighted by molar-refractivity contribution is 0.341. The van der Waals surface area contributed by atoms with Crippen LogP contribution in [0.25, 0.3) is 10.2 Å². The number of ether oxygens (including phenoxy) is 1. The van der Waals surface area contributed by atoms with Crippen LogP contribution in [0.15, 0.2) is 18.2 Å². The average molecular weight is 252 g/mol. The first-order valence-electron chi connectivity index (χ1n) is 5.00. The minimum absolute atomic E-state index is 0.675. The van der Waals surface area contributed by atoms with Crippen molar-refractivity contribution in [2.45, 2.75) is 13.8 Å². The Hall–Kier alpha value is -1.20. The van der Waals surface area contributed by atoms with Crippen LogP contribution < -0.4 is 10.1 Å². The summed E-state index contributed by atoms with van der Waals surface area (Å²) in [6, 6.07) is 5.89. The van der Waals surface area contributed by atoms with E-state index >= 15 is 0 Å². The summed E-state index contributed by atoms with van der Waals surface area (Å²) in [5.74, 6) is 0.879. The summed E-state index contributed by atoms with van der Waals surface area (Å²) in [5.41, 5.74) is 0.965. The van der Waals surface area contributed by atoms with Gasteiger partial charge in [0.05, 0.1) is 21.8 Å². The number of aromatic nitrogens is 1. The molecule has 0 amide bonds. The molecule has 0 fully saturated rings. The minimum atomic E-state index is 0.675. The zero-order valence-corrected chi connectivity index (χ0v) is 10.7. The van der Waals surface area contributed by atoms with Gasteiger partial charge in [-0.25, -0.2) is 4.98 Å². The highest BCUT2D eigenvalue weighted by molar-refractivity contribution is 7.80. The summed E-state index contributed by atoms with van der Waals surface area (Å²) in [6.07, 6.45) is 0. The molecule has 0 atom stereocenters. The Morgan fingerprint density at radius 3 is 3.06 bits per heavy atom. The van der Waals surface area contributed by atoms with E-state index in [1.54, 1.807) is 11.3 Å². The highest BCUT2D eigenvalue weighted by Crippen LogP contribution is 2.29. The van der Waals surface area contributed by atoms with Crippen molar-refractivity contribution in [3.05, 3.63) is 18.2 Å². The van der Waals surface area contributed by atoms with E-state index in [0.717, 1.165) is 26.1 Å². The minimum Gasteiger partial charge on any atom is -0.494 e. The molecule has 84 valence electrons. The van der Waals surface area contributed by atoms with Gasteiger partial charge in [-0.3, -0.25) is 0 Å². The summed E-state index contributed by atoms with van der Waals surface area (Å²) in [6.45, 7) is 4.49. The van der Waals surface area contributed by atoms with Crippen LogP contribution in [-0.2, 0) is 0 Å². The fourth-order valence-electron chi connectivity index (χ4n) is 1.37. The van der Waals surface area contributed by atoms with Crippen molar-refractivity contribution in [1.29, 1.82) is 0 Å². The number of rotatable bonds is 3. The molecule has 0 radical (unpaired) electrons. The predicted octanol–water partition coefficient (Wildman–Crippen LogP) is 3.45. The number of nitrogens with zero attached hydrogens (tertiary/aromatic N) is 1. The number of hydrogen-bond acceptors (Lipinski definition) is 4. The van der Waals surface area contributed by atoms with Crippen molar-refractivity contribution in [2.24, 2.45) is 0 Å². The summed E-state index contributed by atoms with van der Waals surface area (Å²) in [5, 5.41) is 3.87. The third-order valence-electron chi connectivity index (χ3n) is 1.95. The number of fused-ring (bicyclic) bond motifs is 1. The molecule has 16 heavy (non-hydrogen) atoms. The number of thiazole rings is 1. The van der Waals surface area contributed by atoms with Crippen LogP contribution in [0.3, 0.4) is 0 Å². The number of benzene rings is 1. The normalized spacial score (nSPS) is 10.4. The standard InChI is InChI=1S/C11H12N2OS2/c1-3-14-8-4-5-9-10(6-8)16-11(13-9)12-7(2)15/h4-6H,3H2,1-2H3,(H,12,13,15). The molecule has 1 aromatic carbocycles. The Morgan fingerprint density at radius 2 is 2.38 bits per heavy atom. The third-order valence-corrected chi connectivity index (χ3v) is 2.99. The summed E-state index contributed by atoms with van der Waals surface area (Å²) < 4.78 is 6.54. The predicted molar refractivity (Wildman–Crippen MR) is 72.7 cm³/mol. The number of hydrogen-bond donors (Lipinski definition) is 1. The molecule has 2 rings (SSSR count). The van der Waals surface area contributed by atoms with E-state index in [-0.39, 0.29) is 0 Å². The van der Waals surface area contributed by atoms with Crippen molar-refractivity contribution < 1.29 is 4.74 Å². The highest BCUT2D eigenvalue weighted by Gasteiger charge is 2.04. The van der Waals surface area contributed by atoms with Crippen molar-refractivity contribution in [1.82, 2.24) is 4.98 Å². The van der Waals surface area contributed by atoms with Crippen molar-refractivity contribution in [3.63, 3.8) is 0 Å². The van der Waals surface area contributed by atoms with Crippen molar-refractivity contribution in [3.8, 4) is 5.75 Å². The van der Waals surface area contributed by atoms with Gasteiger partial charge in [0.15, 0.2) is 5.13 Å². The molecule has 0 unspecified atom stereocenters. The van der Waals surface area contributed by atoms with E-state index < -0.39 is 0 Å². The molecule has 3 nitrogen and oxygen atoms in total. The number of anilines is 1. The first-order valence-corrected chi connectivity index (χ1v) is 6.22. The molecule has 1 aromatic heterocycles. The molecule has 0 saturated carbocycles. The smallest absolute Gasteiger partial charge is 0.188 e. The Bertz CT molecular complexity index is 522. The lowest BCUT2D eigenvalue weighted by atomic mass is 10.3. The van der Waals surface area contributed by atoms with Gasteiger partial charge in [-0.15, -0.1) is 0 Å². The molecule has 0 saturated heterocycles.